The van der Waals surface area contributed by atoms with E-state index in [4.69, 9.17) is 9.40 Å². The lowest BCUT2D eigenvalue weighted by atomic mass is 10.0. The Kier molecular flexibility index (Phi) is 10.9. The number of aryl methyl sites for hydroxylation is 1. The number of H-pyrrole nitrogens is 1. The summed E-state index contributed by atoms with van der Waals surface area (Å²) >= 11 is 0. The second-order valence-corrected chi connectivity index (χ2v) is 15.7. The van der Waals surface area contributed by atoms with Crippen LogP contribution in [0.5, 0.6) is 0 Å². The molecule has 0 spiro atoms. The molecule has 2 aliphatic heterocycles. The largest absolute Gasteiger partial charge is 0.494 e. The summed E-state index contributed by atoms with van der Waals surface area (Å²) in [6, 6.07) is 27.5. The number of anilines is 1. The molecule has 2 aliphatic rings. The predicted octanol–water partition coefficient (Wildman–Crippen LogP) is 6.79. The molecule has 5 unspecified atom stereocenters. The number of quaternary nitrogens is 1. The topological polar surface area (TPSA) is 171 Å². The van der Waals surface area contributed by atoms with Crippen LogP contribution < -0.4 is 10.4 Å². The van der Waals surface area contributed by atoms with Crippen LogP contribution >= 0.6 is 0 Å². The Bertz CT molecular complexity index is 2490. The number of aromatic nitrogens is 3. The predicted molar refractivity (Wildman–Crippen MR) is 219 cm³/mol. The number of fused-ring (bicyclic) bond motifs is 1. The number of hydrogen-bond donors (Lipinski definition) is 3. The number of amides is 3. The Labute approximate surface area is 342 Å². The zero-order valence-corrected chi connectivity index (χ0v) is 33.5. The number of nitrogens with one attached hydrogen (secondary N) is 2. The molecule has 3 N–H and O–H groups in total. The van der Waals surface area contributed by atoms with Crippen molar-refractivity contribution in [3.63, 3.8) is 0 Å². The Morgan fingerprint density at radius 3 is 2.34 bits per heavy atom. The third-order valence-electron chi connectivity index (χ3n) is 11.8. The lowest BCUT2D eigenvalue weighted by molar-refractivity contribution is -1.16. The highest BCUT2D eigenvalue weighted by Crippen LogP contribution is 2.38. The first kappa shape index (κ1) is 39.6. The molecule has 8 rings (SSSR count). The third kappa shape index (κ3) is 7.51. The molecule has 5 atom stereocenters. The van der Waals surface area contributed by atoms with Gasteiger partial charge in [0.1, 0.15) is 17.9 Å². The van der Waals surface area contributed by atoms with Crippen LogP contribution in [0.1, 0.15) is 73.2 Å². The van der Waals surface area contributed by atoms with E-state index in [0.717, 1.165) is 46.4 Å². The Hall–Kier alpha value is -6.19. The second kappa shape index (κ2) is 16.2. The van der Waals surface area contributed by atoms with Gasteiger partial charge in [0.05, 0.1) is 29.8 Å². The highest BCUT2D eigenvalue weighted by atomic mass is 16.7. The van der Waals surface area contributed by atoms with E-state index in [1.165, 1.54) is 5.01 Å². The van der Waals surface area contributed by atoms with E-state index in [2.05, 4.69) is 15.3 Å². The number of aromatic amines is 1. The van der Waals surface area contributed by atoms with E-state index >= 15 is 0 Å². The molecule has 2 saturated heterocycles. The maximum atomic E-state index is 14.0. The van der Waals surface area contributed by atoms with Crippen LogP contribution in [0.3, 0.4) is 0 Å². The first-order valence-corrected chi connectivity index (χ1v) is 20.0. The first-order valence-electron chi connectivity index (χ1n) is 20.0. The standard InChI is InChI=1S/C45H48N8O6/c1-28-19-20-32(25-35(28)49-42(54)38-18-12-24-52(38)53(58,45(56)57)29(2)30-13-7-5-8-14-30)39-27-46-43(59-39)33-21-22-34-36(26-33)48-41(47-34)37-17-11-23-51(37)44(55)40(50(3)4)31-15-9-6-10-16-31/h5-10,13-16,19-22,25-27,29,37-38,40,58H,11-12,17-18,23-24H2,1-4H3,(H2-,46,47,48,49,54,56,57). The van der Waals surface area contributed by atoms with Crippen LogP contribution in [-0.4, -0.2) is 90.9 Å². The van der Waals surface area contributed by atoms with Gasteiger partial charge in [-0.25, -0.2) is 9.97 Å². The quantitative estimate of drug-likeness (QED) is 0.0721. The summed E-state index contributed by atoms with van der Waals surface area (Å²) < 4.78 is 4.73. The minimum absolute atomic E-state index is 0.0483. The molecule has 0 aliphatic carbocycles. The first-order chi connectivity index (χ1) is 28.4. The lowest BCUT2D eigenvalue weighted by Crippen LogP contribution is -2.68. The monoisotopic (exact) mass is 796 g/mol. The van der Waals surface area contributed by atoms with Gasteiger partial charge in [-0.1, -0.05) is 77.6 Å². The molecule has 14 nitrogen and oxygen atoms in total. The van der Waals surface area contributed by atoms with Gasteiger partial charge < -0.3 is 29.5 Å². The summed E-state index contributed by atoms with van der Waals surface area (Å²) in [7, 11) is 3.85. The number of imidazole rings is 1. The van der Waals surface area contributed by atoms with Crippen molar-refractivity contribution in [2.45, 2.75) is 63.7 Å². The summed E-state index contributed by atoms with van der Waals surface area (Å²) in [6.07, 6.45) is 2.48. The number of carbonyl (C=O) groups is 3. The molecule has 2 aromatic heterocycles. The van der Waals surface area contributed by atoms with Crippen molar-refractivity contribution in [3.05, 3.63) is 126 Å². The van der Waals surface area contributed by atoms with E-state index in [1.807, 2.05) is 97.5 Å². The average molecular weight is 797 g/mol. The number of nitrogens with zero attached hydrogens (tertiary/aromatic N) is 6. The van der Waals surface area contributed by atoms with Gasteiger partial charge in [0.25, 0.3) is 0 Å². The smallest absolute Gasteiger partial charge is 0.313 e. The molecule has 59 heavy (non-hydrogen) atoms. The molecular weight excluding hydrogens is 749 g/mol. The van der Waals surface area contributed by atoms with Gasteiger partial charge in [-0.2, -0.15) is 5.21 Å². The lowest BCUT2D eigenvalue weighted by Gasteiger charge is -2.42. The van der Waals surface area contributed by atoms with E-state index in [1.54, 1.807) is 43.5 Å². The fourth-order valence-corrected chi connectivity index (χ4v) is 8.56. The minimum atomic E-state index is -1.71. The van der Waals surface area contributed by atoms with E-state index < -0.39 is 34.9 Å². The Morgan fingerprint density at radius 1 is 0.932 bits per heavy atom. The van der Waals surface area contributed by atoms with E-state index in [-0.39, 0.29) is 18.5 Å². The van der Waals surface area contributed by atoms with Crippen molar-refractivity contribution >= 4 is 34.6 Å². The summed E-state index contributed by atoms with van der Waals surface area (Å²) in [5, 5.41) is 28.4. The van der Waals surface area contributed by atoms with Crippen LogP contribution in [0.15, 0.2) is 108 Å². The molecule has 4 aromatic carbocycles. The number of rotatable bonds is 11. The van der Waals surface area contributed by atoms with Crippen molar-refractivity contribution in [2.75, 3.05) is 32.5 Å². The average Bonchev–Trinajstić information content (AvgIpc) is 4.08. The minimum Gasteiger partial charge on any atom is -0.494 e. The van der Waals surface area contributed by atoms with E-state index in [9.17, 15) is 24.7 Å². The van der Waals surface area contributed by atoms with Crippen molar-refractivity contribution in [2.24, 2.45) is 0 Å². The van der Waals surface area contributed by atoms with Crippen LogP contribution in [0.25, 0.3) is 33.8 Å². The summed E-state index contributed by atoms with van der Waals surface area (Å²) in [5.41, 5.74) is 5.82. The molecular formula is C45H48N8O6. The van der Waals surface area contributed by atoms with Crippen LogP contribution in [0.2, 0.25) is 0 Å². The number of oxazole rings is 1. The maximum absolute atomic E-state index is 14.0. The Morgan fingerprint density at radius 2 is 1.63 bits per heavy atom. The van der Waals surface area contributed by atoms with Crippen LogP contribution in [0, 0.1) is 6.92 Å². The van der Waals surface area contributed by atoms with Crippen molar-refractivity contribution in [1.82, 2.24) is 29.8 Å². The van der Waals surface area contributed by atoms with Crippen LogP contribution in [0.4, 0.5) is 10.5 Å². The number of likely N-dealkylation sites (tertiary alicyclic amines) is 1. The summed E-state index contributed by atoms with van der Waals surface area (Å²) in [5.74, 6) is 1.22. The molecule has 14 heteroatoms. The van der Waals surface area contributed by atoms with Crippen molar-refractivity contribution < 1.29 is 33.9 Å². The van der Waals surface area contributed by atoms with Gasteiger partial charge in [0.2, 0.25) is 17.7 Å². The number of carboxylic acid groups (broad SMARTS) is 1. The highest BCUT2D eigenvalue weighted by molar-refractivity contribution is 5.96. The van der Waals surface area contributed by atoms with Gasteiger partial charge >= 0.3 is 6.09 Å². The third-order valence-corrected chi connectivity index (χ3v) is 11.8. The van der Waals surface area contributed by atoms with Gasteiger partial charge in [-0.05, 0) is 89.0 Å². The van der Waals surface area contributed by atoms with Crippen molar-refractivity contribution in [1.29, 1.82) is 0 Å². The highest BCUT2D eigenvalue weighted by Gasteiger charge is 2.51. The number of hydroxylamine groups is 2. The van der Waals surface area contributed by atoms with Gasteiger partial charge in [0.15, 0.2) is 11.8 Å². The van der Waals surface area contributed by atoms with Gasteiger partial charge in [0, 0.05) is 28.9 Å². The number of hydrogen-bond acceptors (Lipinski definition) is 10. The maximum Gasteiger partial charge on any atom is 0.313 e. The fourth-order valence-electron chi connectivity index (χ4n) is 8.56. The molecule has 3 amide bonds. The molecule has 6 aromatic rings. The number of likely N-dealkylation sites (N-methyl/N-ethyl adjacent to an activating group) is 1. The number of benzene rings is 4. The van der Waals surface area contributed by atoms with Gasteiger partial charge in [-0.15, -0.1) is 5.01 Å². The van der Waals surface area contributed by atoms with E-state index in [0.29, 0.717) is 47.9 Å². The van der Waals surface area contributed by atoms with Crippen molar-refractivity contribution in [3.8, 4) is 22.8 Å². The second-order valence-electron chi connectivity index (χ2n) is 15.7. The zero-order valence-electron chi connectivity index (χ0n) is 33.5. The van der Waals surface area contributed by atoms with Gasteiger partial charge in [-0.3, -0.25) is 14.5 Å². The normalized spacial score (nSPS) is 19.2. The molecule has 304 valence electrons. The zero-order chi connectivity index (χ0) is 41.4. The summed E-state index contributed by atoms with van der Waals surface area (Å²) in [6.45, 7) is 4.31. The molecule has 0 bridgehead atoms. The molecule has 0 radical (unpaired) electrons. The number of carbonyl (C=O) groups excluding carboxylic acids is 3. The Balaban J connectivity index is 0.991. The molecule has 0 saturated carbocycles. The summed E-state index contributed by atoms with van der Waals surface area (Å²) in [4.78, 5) is 57.3. The molecule has 2 fully saturated rings. The molecule has 4 heterocycles. The SMILES string of the molecule is Cc1ccc(-c2cnc(-c3ccc4[nH]c(C5CCCN5C(=O)C(c5ccccc5)N(C)C)nc4c3)o2)cc1NC(=O)C1CCCN1[N+](O)(C(=O)[O-])C(C)c1ccccc1. The fraction of sp³-hybridized carbons (Fsp3) is 0.311. The van der Waals surface area contributed by atoms with Crippen LogP contribution in [-0.2, 0) is 9.59 Å².